The molecule has 18 heavy (non-hydrogen) atoms. The molecule has 3 nitrogen and oxygen atoms in total. The highest BCUT2D eigenvalue weighted by Gasteiger charge is 2.11. The lowest BCUT2D eigenvalue weighted by Gasteiger charge is -2.04. The molecule has 98 valence electrons. The fourth-order valence-electron chi connectivity index (χ4n) is 1.46. The van der Waals surface area contributed by atoms with E-state index in [1.54, 1.807) is 6.07 Å². The Labute approximate surface area is 126 Å². The first-order valence-corrected chi connectivity index (χ1v) is 6.73. The Kier molecular flexibility index (Phi) is 6.18. The number of nitrogens with one attached hydrogen (secondary N) is 1. The average molecular weight is 350 g/mol. The molecular formula is C12H14BrClN2OS. The number of hydrogen-bond donors (Lipinski definition) is 1. The van der Waals surface area contributed by atoms with E-state index in [1.165, 1.54) is 11.8 Å². The molecule has 6 heteroatoms. The summed E-state index contributed by atoms with van der Waals surface area (Å²) in [5.74, 6) is 0.471. The maximum absolute atomic E-state index is 11.9. The highest BCUT2D eigenvalue weighted by atomic mass is 79.9. The molecule has 1 N–H and O–H groups in total. The van der Waals surface area contributed by atoms with Crippen LogP contribution in [0, 0.1) is 6.92 Å². The van der Waals surface area contributed by atoms with Crippen molar-refractivity contribution in [1.29, 1.82) is 0 Å². The van der Waals surface area contributed by atoms with Gasteiger partial charge in [0, 0.05) is 17.1 Å². The number of ketones is 1. The number of nitrogens with zero attached hydrogens (tertiary/aromatic N) is 1. The molecule has 0 saturated carbocycles. The molecule has 1 aliphatic heterocycles. The Morgan fingerprint density at radius 1 is 1.56 bits per heavy atom. The molecule has 0 aliphatic carbocycles. The van der Waals surface area contributed by atoms with Crippen LogP contribution in [-0.4, -0.2) is 29.8 Å². The van der Waals surface area contributed by atoms with Gasteiger partial charge in [-0.2, -0.15) is 0 Å². The predicted octanol–water partition coefficient (Wildman–Crippen LogP) is 3.10. The van der Waals surface area contributed by atoms with Gasteiger partial charge in [-0.1, -0.05) is 35.5 Å². The summed E-state index contributed by atoms with van der Waals surface area (Å²) in [7, 11) is 0. The van der Waals surface area contributed by atoms with E-state index in [1.807, 2.05) is 19.1 Å². The fourth-order valence-corrected chi connectivity index (χ4v) is 2.46. The molecule has 0 amide bonds. The molecule has 0 aromatic heterocycles. The van der Waals surface area contributed by atoms with Crippen LogP contribution in [0.25, 0.3) is 0 Å². The van der Waals surface area contributed by atoms with E-state index in [0.29, 0.717) is 16.3 Å². The summed E-state index contributed by atoms with van der Waals surface area (Å²) in [6.07, 6.45) is 0. The van der Waals surface area contributed by atoms with Gasteiger partial charge in [-0.15, -0.1) is 17.0 Å². The minimum atomic E-state index is 0. The van der Waals surface area contributed by atoms with Crippen molar-refractivity contribution in [2.45, 2.75) is 6.92 Å². The number of benzene rings is 1. The zero-order valence-electron chi connectivity index (χ0n) is 9.90. The van der Waals surface area contributed by atoms with E-state index < -0.39 is 0 Å². The molecule has 0 saturated heterocycles. The first-order chi connectivity index (χ1) is 8.16. The lowest BCUT2D eigenvalue weighted by atomic mass is 10.1. The highest BCUT2D eigenvalue weighted by molar-refractivity contribution is 8.93. The molecule has 0 spiro atoms. The lowest BCUT2D eigenvalue weighted by Crippen LogP contribution is -2.17. The molecule has 1 aliphatic rings. The minimum absolute atomic E-state index is 0. The fraction of sp³-hybridized carbons (Fsp3) is 0.333. The van der Waals surface area contributed by atoms with Crippen LogP contribution in [0.15, 0.2) is 23.2 Å². The van der Waals surface area contributed by atoms with Crippen LogP contribution in [0.4, 0.5) is 0 Å². The Hall–Kier alpha value is -0.520. The van der Waals surface area contributed by atoms with Crippen LogP contribution in [-0.2, 0) is 0 Å². The van der Waals surface area contributed by atoms with Crippen molar-refractivity contribution in [2.75, 3.05) is 18.8 Å². The number of aliphatic imine (C=N–C) groups is 1. The van der Waals surface area contributed by atoms with Crippen LogP contribution in [0.3, 0.4) is 0 Å². The van der Waals surface area contributed by atoms with Crippen LogP contribution in [0.2, 0.25) is 5.02 Å². The highest BCUT2D eigenvalue weighted by Crippen LogP contribution is 2.18. The Morgan fingerprint density at radius 2 is 2.33 bits per heavy atom. The second kappa shape index (κ2) is 7.16. The van der Waals surface area contributed by atoms with Crippen LogP contribution >= 0.6 is 40.3 Å². The van der Waals surface area contributed by atoms with E-state index in [9.17, 15) is 4.79 Å². The Morgan fingerprint density at radius 3 is 2.94 bits per heavy atom. The van der Waals surface area contributed by atoms with Crippen molar-refractivity contribution < 1.29 is 4.79 Å². The van der Waals surface area contributed by atoms with E-state index in [2.05, 4.69) is 10.3 Å². The number of carbonyl (C=O) groups excluding carboxylic acids is 1. The van der Waals surface area contributed by atoms with Gasteiger partial charge < -0.3 is 5.32 Å². The van der Waals surface area contributed by atoms with Crippen molar-refractivity contribution >= 4 is 51.3 Å². The average Bonchev–Trinajstić information content (AvgIpc) is 2.82. The summed E-state index contributed by atoms with van der Waals surface area (Å²) < 4.78 is 0. The van der Waals surface area contributed by atoms with Crippen molar-refractivity contribution in [3.63, 3.8) is 0 Å². The summed E-state index contributed by atoms with van der Waals surface area (Å²) in [4.78, 5) is 16.1. The summed E-state index contributed by atoms with van der Waals surface area (Å²) in [5, 5.41) is 4.61. The van der Waals surface area contributed by atoms with Crippen LogP contribution < -0.4 is 5.32 Å². The van der Waals surface area contributed by atoms with E-state index in [0.717, 1.165) is 23.8 Å². The zero-order chi connectivity index (χ0) is 12.3. The van der Waals surface area contributed by atoms with Crippen molar-refractivity contribution in [2.24, 2.45) is 4.99 Å². The third-order valence-electron chi connectivity index (χ3n) is 2.48. The molecule has 0 bridgehead atoms. The van der Waals surface area contributed by atoms with Crippen molar-refractivity contribution in [1.82, 2.24) is 5.32 Å². The minimum Gasteiger partial charge on any atom is -0.363 e. The van der Waals surface area contributed by atoms with Crippen molar-refractivity contribution in [3.05, 3.63) is 34.3 Å². The normalized spacial score (nSPS) is 13.6. The molecule has 0 unspecified atom stereocenters. The SMILES string of the molecule is Br.Cc1ccc(C(=O)CSC2=NCCN2)cc1Cl. The second-order valence-corrected chi connectivity index (χ2v) is 5.16. The summed E-state index contributed by atoms with van der Waals surface area (Å²) in [5.41, 5.74) is 1.64. The molecular weight excluding hydrogens is 336 g/mol. The van der Waals surface area contributed by atoms with Gasteiger partial charge in [-0.05, 0) is 18.6 Å². The predicted molar refractivity (Wildman–Crippen MR) is 83.6 cm³/mol. The Balaban J connectivity index is 0.00000162. The molecule has 1 heterocycles. The number of rotatable bonds is 3. The van der Waals surface area contributed by atoms with Gasteiger partial charge in [0.25, 0.3) is 0 Å². The van der Waals surface area contributed by atoms with Crippen LogP contribution in [0.5, 0.6) is 0 Å². The van der Waals surface area contributed by atoms with E-state index in [-0.39, 0.29) is 22.8 Å². The summed E-state index contributed by atoms with van der Waals surface area (Å²) in [6.45, 7) is 3.59. The standard InChI is InChI=1S/C12H13ClN2OS.BrH/c1-8-2-3-9(6-10(8)13)11(16)7-17-12-14-4-5-15-12;/h2-3,6H,4-5,7H2,1H3,(H,14,15);1H. The van der Waals surface area contributed by atoms with Gasteiger partial charge in [0.15, 0.2) is 11.0 Å². The third kappa shape index (κ3) is 4.00. The molecule has 1 aromatic rings. The molecule has 0 atom stereocenters. The maximum Gasteiger partial charge on any atom is 0.173 e. The van der Waals surface area contributed by atoms with Gasteiger partial charge in [-0.25, -0.2) is 0 Å². The van der Waals surface area contributed by atoms with Gasteiger partial charge in [0.2, 0.25) is 0 Å². The summed E-state index contributed by atoms with van der Waals surface area (Å²) >= 11 is 7.43. The number of aryl methyl sites for hydroxylation is 1. The number of thioether (sulfide) groups is 1. The number of hydrogen-bond acceptors (Lipinski definition) is 4. The lowest BCUT2D eigenvalue weighted by molar-refractivity contribution is 0.102. The molecule has 0 fully saturated rings. The number of carbonyl (C=O) groups is 1. The molecule has 2 rings (SSSR count). The first-order valence-electron chi connectivity index (χ1n) is 5.37. The van der Waals surface area contributed by atoms with Crippen LogP contribution in [0.1, 0.15) is 15.9 Å². The number of Topliss-reactive ketones (excluding diaryl/α,β-unsaturated/α-hetero) is 1. The zero-order valence-corrected chi connectivity index (χ0v) is 13.2. The third-order valence-corrected chi connectivity index (χ3v) is 3.84. The smallest absolute Gasteiger partial charge is 0.173 e. The number of halogens is 2. The second-order valence-electron chi connectivity index (χ2n) is 3.79. The molecule has 0 radical (unpaired) electrons. The number of amidine groups is 1. The van der Waals surface area contributed by atoms with Gasteiger partial charge in [-0.3, -0.25) is 9.79 Å². The summed E-state index contributed by atoms with van der Waals surface area (Å²) in [6, 6.07) is 5.41. The Bertz CT molecular complexity index is 479. The van der Waals surface area contributed by atoms with Gasteiger partial charge >= 0.3 is 0 Å². The van der Waals surface area contributed by atoms with E-state index >= 15 is 0 Å². The largest absolute Gasteiger partial charge is 0.363 e. The first kappa shape index (κ1) is 15.5. The quantitative estimate of drug-likeness (QED) is 0.853. The maximum atomic E-state index is 11.9. The van der Waals surface area contributed by atoms with E-state index in [4.69, 9.17) is 11.6 Å². The monoisotopic (exact) mass is 348 g/mol. The van der Waals surface area contributed by atoms with Crippen molar-refractivity contribution in [3.8, 4) is 0 Å². The molecule has 1 aromatic carbocycles. The topological polar surface area (TPSA) is 41.5 Å². The van der Waals surface area contributed by atoms with Gasteiger partial charge in [0.05, 0.1) is 12.3 Å². The van der Waals surface area contributed by atoms with Gasteiger partial charge in [0.1, 0.15) is 0 Å².